The molecule has 1 saturated carbocycles. The van der Waals surface area contributed by atoms with Crippen molar-refractivity contribution in [3.05, 3.63) is 64.9 Å². The Morgan fingerprint density at radius 3 is 2.42 bits per heavy atom. The summed E-state index contributed by atoms with van der Waals surface area (Å²) in [5.74, 6) is 1.66. The molecule has 38 heavy (non-hydrogen) atoms. The van der Waals surface area contributed by atoms with Gasteiger partial charge >= 0.3 is 0 Å². The Hall–Kier alpha value is -3.72. The molecule has 8 nitrogen and oxygen atoms in total. The van der Waals surface area contributed by atoms with Crippen molar-refractivity contribution in [3.63, 3.8) is 0 Å². The molecule has 198 valence electrons. The van der Waals surface area contributed by atoms with Crippen LogP contribution < -0.4 is 29.2 Å². The summed E-state index contributed by atoms with van der Waals surface area (Å²) in [6.45, 7) is 0.916. The summed E-state index contributed by atoms with van der Waals surface area (Å²) in [5, 5.41) is 5.15. The van der Waals surface area contributed by atoms with Gasteiger partial charge in [0.15, 0.2) is 23.0 Å². The number of nitrogens with zero attached hydrogens (tertiary/aromatic N) is 1. The average molecular weight is 535 g/mol. The van der Waals surface area contributed by atoms with Crippen LogP contribution in [0.4, 0.5) is 5.69 Å². The number of nitrogens with one attached hydrogen (secondary N) is 1. The number of ether oxygens (including phenoxy) is 4. The van der Waals surface area contributed by atoms with E-state index in [2.05, 4.69) is 5.32 Å². The number of rotatable bonds is 6. The number of hydrogen-bond donors (Lipinski definition) is 1. The third-order valence-electron chi connectivity index (χ3n) is 7.10. The van der Waals surface area contributed by atoms with Gasteiger partial charge in [-0.2, -0.15) is 0 Å². The largest absolute Gasteiger partial charge is 0.486 e. The molecule has 0 saturated heterocycles. The third kappa shape index (κ3) is 5.03. The number of carbonyl (C=O) groups excluding carboxylic acids is 2. The Bertz CT molecular complexity index is 1290. The lowest BCUT2D eigenvalue weighted by atomic mass is 9.95. The zero-order chi connectivity index (χ0) is 25.9. The molecule has 2 aliphatic heterocycles. The fourth-order valence-electron chi connectivity index (χ4n) is 5.23. The summed E-state index contributed by atoms with van der Waals surface area (Å²) in [7, 11) is 0. The van der Waals surface area contributed by atoms with Crippen LogP contribution in [0.15, 0.2) is 60.0 Å². The summed E-state index contributed by atoms with van der Waals surface area (Å²) in [5.41, 5.74) is 0.527. The van der Waals surface area contributed by atoms with Crippen LogP contribution in [0.25, 0.3) is 0 Å². The first kappa shape index (κ1) is 24.6. The summed E-state index contributed by atoms with van der Waals surface area (Å²) in [4.78, 5) is 30.6. The molecular weight excluding hydrogens is 504 g/mol. The van der Waals surface area contributed by atoms with E-state index in [4.69, 9.17) is 18.9 Å². The van der Waals surface area contributed by atoms with Crippen LogP contribution in [0.1, 0.15) is 43.0 Å². The zero-order valence-electron chi connectivity index (χ0n) is 21.0. The molecule has 1 aromatic heterocycles. The molecule has 0 radical (unpaired) electrons. The van der Waals surface area contributed by atoms with E-state index in [1.807, 2.05) is 29.6 Å². The highest BCUT2D eigenvalue weighted by atomic mass is 32.1. The molecule has 1 fully saturated rings. The van der Waals surface area contributed by atoms with Gasteiger partial charge in [-0.25, -0.2) is 0 Å². The lowest BCUT2D eigenvalue weighted by molar-refractivity contribution is -0.132. The van der Waals surface area contributed by atoms with Crippen LogP contribution in [-0.4, -0.2) is 43.8 Å². The standard InChI is InChI=1S/C29H30N2O6S/c32-28(30-19-7-2-1-3-8-19)27(26-11-6-16-38-26)31(20-12-13-22-24(17-20)35-15-14-34-22)29(33)25-18-36-21-9-4-5-10-23(21)37-25/h4-6,9-13,16-17,19,25,27H,1-3,7-8,14-15,18H2,(H,30,32)/t25-,27-/m0/s1. The molecule has 0 bridgehead atoms. The summed E-state index contributed by atoms with van der Waals surface area (Å²) in [6.07, 6.45) is 4.32. The normalized spacial score (nSPS) is 19.3. The van der Waals surface area contributed by atoms with Gasteiger partial charge in [-0.1, -0.05) is 37.5 Å². The predicted molar refractivity (Wildman–Crippen MR) is 143 cm³/mol. The second-order valence-corrected chi connectivity index (χ2v) is 10.6. The SMILES string of the molecule is O=C(NC1CCCCC1)[C@H](c1cccs1)N(C(=O)[C@@H]1COc2ccccc2O1)c1ccc2c(c1)OCCO2. The van der Waals surface area contributed by atoms with E-state index in [-0.39, 0.29) is 24.5 Å². The maximum atomic E-state index is 14.3. The van der Waals surface area contributed by atoms with Crippen molar-refractivity contribution in [1.82, 2.24) is 5.32 Å². The highest BCUT2D eigenvalue weighted by molar-refractivity contribution is 7.10. The third-order valence-corrected chi connectivity index (χ3v) is 8.02. The van der Waals surface area contributed by atoms with Gasteiger partial charge in [-0.15, -0.1) is 11.3 Å². The van der Waals surface area contributed by atoms with Crippen molar-refractivity contribution in [2.45, 2.75) is 50.3 Å². The number of hydrogen-bond acceptors (Lipinski definition) is 7. The van der Waals surface area contributed by atoms with E-state index in [9.17, 15) is 9.59 Å². The molecule has 1 N–H and O–H groups in total. The molecule has 2 atom stereocenters. The first-order chi connectivity index (χ1) is 18.7. The number of carbonyl (C=O) groups is 2. The molecule has 2 aromatic carbocycles. The van der Waals surface area contributed by atoms with Crippen molar-refractivity contribution in [1.29, 1.82) is 0 Å². The fourth-order valence-corrected chi connectivity index (χ4v) is 6.04. The van der Waals surface area contributed by atoms with Gasteiger partial charge in [0.1, 0.15) is 25.9 Å². The van der Waals surface area contributed by atoms with Gasteiger partial charge in [-0.05, 0) is 48.6 Å². The summed E-state index contributed by atoms with van der Waals surface area (Å²) < 4.78 is 23.5. The van der Waals surface area contributed by atoms with E-state index in [0.717, 1.165) is 30.6 Å². The molecule has 0 unspecified atom stereocenters. The molecule has 0 spiro atoms. The Balaban J connectivity index is 1.38. The van der Waals surface area contributed by atoms with Crippen LogP contribution in [0.5, 0.6) is 23.0 Å². The van der Waals surface area contributed by atoms with E-state index in [1.54, 1.807) is 30.3 Å². The maximum Gasteiger partial charge on any atom is 0.272 e. The number of para-hydroxylation sites is 2. The van der Waals surface area contributed by atoms with Crippen molar-refractivity contribution in [2.24, 2.45) is 0 Å². The van der Waals surface area contributed by atoms with Gasteiger partial charge in [0.2, 0.25) is 12.0 Å². The number of benzene rings is 2. The van der Waals surface area contributed by atoms with Gasteiger partial charge in [0, 0.05) is 22.7 Å². The van der Waals surface area contributed by atoms with Crippen LogP contribution in [-0.2, 0) is 9.59 Å². The lowest BCUT2D eigenvalue weighted by Crippen LogP contribution is -2.52. The molecule has 3 heterocycles. The minimum absolute atomic E-state index is 0.0400. The van der Waals surface area contributed by atoms with Crippen LogP contribution in [0.3, 0.4) is 0 Å². The predicted octanol–water partition coefficient (Wildman–Crippen LogP) is 4.88. The van der Waals surface area contributed by atoms with Crippen LogP contribution in [0.2, 0.25) is 0 Å². The number of amides is 2. The summed E-state index contributed by atoms with van der Waals surface area (Å²) in [6, 6.07) is 15.6. The second-order valence-electron chi connectivity index (χ2n) is 9.66. The van der Waals surface area contributed by atoms with Crippen molar-refractivity contribution in [3.8, 4) is 23.0 Å². The van der Waals surface area contributed by atoms with E-state index in [1.165, 1.54) is 22.7 Å². The number of fused-ring (bicyclic) bond motifs is 2. The zero-order valence-corrected chi connectivity index (χ0v) is 21.8. The first-order valence-corrected chi connectivity index (χ1v) is 14.0. The molecular formula is C29H30N2O6S. The molecule has 9 heteroatoms. The highest BCUT2D eigenvalue weighted by Gasteiger charge is 2.40. The minimum atomic E-state index is -0.928. The van der Waals surface area contributed by atoms with Gasteiger partial charge < -0.3 is 24.3 Å². The summed E-state index contributed by atoms with van der Waals surface area (Å²) >= 11 is 1.44. The average Bonchev–Trinajstić information content (AvgIpc) is 3.50. The molecule has 3 aliphatic rings. The molecule has 1 aliphatic carbocycles. The Morgan fingerprint density at radius 2 is 1.63 bits per heavy atom. The quantitative estimate of drug-likeness (QED) is 0.485. The lowest BCUT2D eigenvalue weighted by Gasteiger charge is -2.36. The minimum Gasteiger partial charge on any atom is -0.486 e. The molecule has 6 rings (SSSR count). The first-order valence-electron chi connectivity index (χ1n) is 13.1. The maximum absolute atomic E-state index is 14.3. The van der Waals surface area contributed by atoms with E-state index in [0.29, 0.717) is 41.9 Å². The Kier molecular flexibility index (Phi) is 7.09. The van der Waals surface area contributed by atoms with Crippen molar-refractivity contribution < 1.29 is 28.5 Å². The van der Waals surface area contributed by atoms with Gasteiger partial charge in [-0.3, -0.25) is 14.5 Å². The Morgan fingerprint density at radius 1 is 0.868 bits per heavy atom. The van der Waals surface area contributed by atoms with Gasteiger partial charge in [0.05, 0.1) is 0 Å². The van der Waals surface area contributed by atoms with Crippen molar-refractivity contribution >= 4 is 28.8 Å². The Labute approximate surface area is 225 Å². The monoisotopic (exact) mass is 534 g/mol. The van der Waals surface area contributed by atoms with Gasteiger partial charge in [0.25, 0.3) is 5.91 Å². The van der Waals surface area contributed by atoms with Crippen LogP contribution >= 0.6 is 11.3 Å². The van der Waals surface area contributed by atoms with E-state index < -0.39 is 12.1 Å². The smallest absolute Gasteiger partial charge is 0.272 e. The van der Waals surface area contributed by atoms with E-state index >= 15 is 0 Å². The topological polar surface area (TPSA) is 86.3 Å². The molecule has 3 aromatic rings. The second kappa shape index (κ2) is 10.9. The highest BCUT2D eigenvalue weighted by Crippen LogP contribution is 2.39. The number of thiophene rings is 1. The number of anilines is 1. The fraction of sp³-hybridized carbons (Fsp3) is 0.379. The van der Waals surface area contributed by atoms with Crippen molar-refractivity contribution in [2.75, 3.05) is 24.7 Å². The molecule has 2 amide bonds. The van der Waals surface area contributed by atoms with Crippen LogP contribution in [0, 0.1) is 0 Å².